The SMILES string of the molecule is O=c1ccsn1Cc1csc2ccc(Cl)cc12. The van der Waals surface area contributed by atoms with Gasteiger partial charge in [-0.05, 0) is 34.5 Å². The van der Waals surface area contributed by atoms with E-state index in [2.05, 4.69) is 5.38 Å². The highest BCUT2D eigenvalue weighted by atomic mass is 35.5. The van der Waals surface area contributed by atoms with Gasteiger partial charge in [0.15, 0.2) is 0 Å². The Morgan fingerprint density at radius 3 is 2.94 bits per heavy atom. The Bertz CT molecular complexity index is 725. The Morgan fingerprint density at radius 1 is 1.29 bits per heavy atom. The molecule has 0 saturated carbocycles. The predicted octanol–water partition coefficient (Wildman–Crippen LogP) is 3.83. The standard InChI is InChI=1S/C12H8ClNOS2/c13-9-1-2-11-10(5-9)8(7-16-11)6-14-12(15)3-4-17-14/h1-5,7H,6H2. The van der Waals surface area contributed by atoms with Crippen LogP contribution in [0.15, 0.2) is 39.8 Å². The number of benzene rings is 1. The maximum absolute atomic E-state index is 11.5. The predicted molar refractivity (Wildman–Crippen MR) is 74.5 cm³/mol. The molecule has 86 valence electrons. The van der Waals surface area contributed by atoms with E-state index in [1.165, 1.54) is 16.2 Å². The second-order valence-corrected chi connectivity index (χ2v) is 5.96. The van der Waals surface area contributed by atoms with Crippen LogP contribution in [0.3, 0.4) is 0 Å². The highest BCUT2D eigenvalue weighted by Gasteiger charge is 2.06. The minimum Gasteiger partial charge on any atom is -0.268 e. The maximum atomic E-state index is 11.5. The zero-order valence-corrected chi connectivity index (χ0v) is 11.1. The lowest BCUT2D eigenvalue weighted by Crippen LogP contribution is -2.12. The van der Waals surface area contributed by atoms with Crippen LogP contribution >= 0.6 is 34.5 Å². The van der Waals surface area contributed by atoms with Crippen LogP contribution in [0.1, 0.15) is 5.56 Å². The minimum absolute atomic E-state index is 0.0522. The van der Waals surface area contributed by atoms with Crippen LogP contribution in [0.25, 0.3) is 10.1 Å². The van der Waals surface area contributed by atoms with E-state index in [-0.39, 0.29) is 5.56 Å². The summed E-state index contributed by atoms with van der Waals surface area (Å²) < 4.78 is 2.94. The van der Waals surface area contributed by atoms with Crippen molar-refractivity contribution in [2.45, 2.75) is 6.54 Å². The molecule has 17 heavy (non-hydrogen) atoms. The first kappa shape index (κ1) is 11.0. The van der Waals surface area contributed by atoms with Crippen molar-refractivity contribution in [2.24, 2.45) is 0 Å². The quantitative estimate of drug-likeness (QED) is 0.700. The van der Waals surface area contributed by atoms with Gasteiger partial charge in [0.1, 0.15) is 0 Å². The summed E-state index contributed by atoms with van der Waals surface area (Å²) in [6, 6.07) is 7.46. The Hall–Kier alpha value is -1.10. The fourth-order valence-electron chi connectivity index (χ4n) is 1.74. The molecule has 3 aromatic rings. The molecule has 0 saturated heterocycles. The Kier molecular flexibility index (Phi) is 2.78. The Morgan fingerprint density at radius 2 is 2.18 bits per heavy atom. The van der Waals surface area contributed by atoms with Crippen LogP contribution in [0.4, 0.5) is 0 Å². The van der Waals surface area contributed by atoms with Crippen LogP contribution in [-0.4, -0.2) is 3.96 Å². The van der Waals surface area contributed by atoms with E-state index in [4.69, 9.17) is 11.6 Å². The summed E-state index contributed by atoms with van der Waals surface area (Å²) in [6.07, 6.45) is 0. The second-order valence-electron chi connectivity index (χ2n) is 3.68. The van der Waals surface area contributed by atoms with Gasteiger partial charge in [-0.25, -0.2) is 0 Å². The number of halogens is 1. The average Bonchev–Trinajstić information content (AvgIpc) is 2.88. The third kappa shape index (κ3) is 2.04. The third-order valence-electron chi connectivity index (χ3n) is 2.57. The molecule has 0 radical (unpaired) electrons. The lowest BCUT2D eigenvalue weighted by molar-refractivity contribution is 0.858. The van der Waals surface area contributed by atoms with Gasteiger partial charge < -0.3 is 0 Å². The molecule has 0 amide bonds. The zero-order chi connectivity index (χ0) is 11.8. The van der Waals surface area contributed by atoms with Crippen molar-refractivity contribution in [3.63, 3.8) is 0 Å². The second kappa shape index (κ2) is 4.29. The molecule has 1 aromatic carbocycles. The highest BCUT2D eigenvalue weighted by Crippen LogP contribution is 2.29. The number of hydrogen-bond donors (Lipinski definition) is 0. The molecule has 0 spiro atoms. The van der Waals surface area contributed by atoms with Gasteiger partial charge in [-0.3, -0.25) is 8.75 Å². The largest absolute Gasteiger partial charge is 0.268 e. The molecule has 0 aliphatic carbocycles. The van der Waals surface area contributed by atoms with Crippen molar-refractivity contribution < 1.29 is 0 Å². The lowest BCUT2D eigenvalue weighted by Gasteiger charge is -2.00. The van der Waals surface area contributed by atoms with E-state index >= 15 is 0 Å². The molecule has 0 aliphatic rings. The summed E-state index contributed by atoms with van der Waals surface area (Å²) in [4.78, 5) is 11.5. The van der Waals surface area contributed by atoms with Gasteiger partial charge in [0.25, 0.3) is 5.56 Å². The molecule has 2 nitrogen and oxygen atoms in total. The average molecular weight is 282 g/mol. The first-order chi connectivity index (χ1) is 8.24. The van der Waals surface area contributed by atoms with Gasteiger partial charge in [0.2, 0.25) is 0 Å². The molecule has 0 aliphatic heterocycles. The van der Waals surface area contributed by atoms with Gasteiger partial charge >= 0.3 is 0 Å². The lowest BCUT2D eigenvalue weighted by atomic mass is 10.2. The van der Waals surface area contributed by atoms with E-state index in [0.29, 0.717) is 6.54 Å². The van der Waals surface area contributed by atoms with Crippen molar-refractivity contribution in [2.75, 3.05) is 0 Å². The van der Waals surface area contributed by atoms with Crippen LogP contribution in [0, 0.1) is 0 Å². The molecular weight excluding hydrogens is 274 g/mol. The monoisotopic (exact) mass is 281 g/mol. The molecule has 2 aromatic heterocycles. The number of aromatic nitrogens is 1. The van der Waals surface area contributed by atoms with Crippen LogP contribution in [0.2, 0.25) is 5.02 Å². The summed E-state index contributed by atoms with van der Waals surface area (Å²) in [7, 11) is 0. The first-order valence-electron chi connectivity index (χ1n) is 5.04. The van der Waals surface area contributed by atoms with Crippen LogP contribution in [0.5, 0.6) is 0 Å². The van der Waals surface area contributed by atoms with Crippen molar-refractivity contribution >= 4 is 44.6 Å². The summed E-state index contributed by atoms with van der Waals surface area (Å²) >= 11 is 9.12. The molecule has 0 unspecified atom stereocenters. The number of hydrogen-bond acceptors (Lipinski definition) is 3. The van der Waals surface area contributed by atoms with Gasteiger partial charge in [-0.2, -0.15) is 0 Å². The molecule has 0 bridgehead atoms. The Labute approximate surface area is 111 Å². The van der Waals surface area contributed by atoms with Crippen molar-refractivity contribution in [1.29, 1.82) is 0 Å². The van der Waals surface area contributed by atoms with Crippen molar-refractivity contribution in [3.8, 4) is 0 Å². The van der Waals surface area contributed by atoms with E-state index in [9.17, 15) is 4.79 Å². The highest BCUT2D eigenvalue weighted by molar-refractivity contribution is 7.17. The summed E-state index contributed by atoms with van der Waals surface area (Å²) in [6.45, 7) is 0.622. The maximum Gasteiger partial charge on any atom is 0.260 e. The Balaban J connectivity index is 2.09. The van der Waals surface area contributed by atoms with Gasteiger partial charge in [0.05, 0.1) is 6.54 Å². The topological polar surface area (TPSA) is 22.0 Å². The first-order valence-corrected chi connectivity index (χ1v) is 7.14. The fraction of sp³-hybridized carbons (Fsp3) is 0.0833. The third-order valence-corrected chi connectivity index (χ3v) is 4.64. The fourth-order valence-corrected chi connectivity index (χ4v) is 3.55. The van der Waals surface area contributed by atoms with Gasteiger partial charge in [-0.1, -0.05) is 23.1 Å². The number of nitrogens with zero attached hydrogens (tertiary/aromatic N) is 1. The van der Waals surface area contributed by atoms with Crippen molar-refractivity contribution in [3.05, 3.63) is 56.0 Å². The smallest absolute Gasteiger partial charge is 0.260 e. The van der Waals surface area contributed by atoms with Gasteiger partial charge in [-0.15, -0.1) is 11.3 Å². The minimum atomic E-state index is 0.0522. The van der Waals surface area contributed by atoms with Crippen LogP contribution < -0.4 is 5.56 Å². The van der Waals surface area contributed by atoms with E-state index in [0.717, 1.165) is 16.0 Å². The molecular formula is C12H8ClNOS2. The normalized spacial score (nSPS) is 11.1. The summed E-state index contributed by atoms with van der Waals surface area (Å²) in [5, 5.41) is 5.77. The molecule has 2 heterocycles. The van der Waals surface area contributed by atoms with Crippen LogP contribution in [-0.2, 0) is 6.54 Å². The summed E-state index contributed by atoms with van der Waals surface area (Å²) in [5.74, 6) is 0. The summed E-state index contributed by atoms with van der Waals surface area (Å²) in [5.41, 5.74) is 1.20. The number of thiophene rings is 1. The zero-order valence-electron chi connectivity index (χ0n) is 8.72. The molecule has 3 rings (SSSR count). The number of fused-ring (bicyclic) bond motifs is 1. The van der Waals surface area contributed by atoms with E-state index in [1.807, 2.05) is 23.6 Å². The van der Waals surface area contributed by atoms with Crippen molar-refractivity contribution in [1.82, 2.24) is 3.96 Å². The number of rotatable bonds is 2. The van der Waals surface area contributed by atoms with Gasteiger partial charge in [0, 0.05) is 21.2 Å². The molecule has 0 atom stereocenters. The van der Waals surface area contributed by atoms with E-state index in [1.54, 1.807) is 21.4 Å². The molecule has 5 heteroatoms. The molecule has 0 fully saturated rings. The van der Waals surface area contributed by atoms with E-state index < -0.39 is 0 Å². The molecule has 0 N–H and O–H groups in total.